The molecule has 0 aliphatic carbocycles. The second-order valence-electron chi connectivity index (χ2n) is 5.64. The number of aromatic nitrogens is 4. The molecule has 0 fully saturated rings. The molecule has 0 unspecified atom stereocenters. The highest BCUT2D eigenvalue weighted by Crippen LogP contribution is 2.03. The van der Waals surface area contributed by atoms with Crippen molar-refractivity contribution in [1.29, 1.82) is 0 Å². The van der Waals surface area contributed by atoms with Gasteiger partial charge in [-0.25, -0.2) is 5.84 Å². The Morgan fingerprint density at radius 2 is 1.64 bits per heavy atom. The predicted octanol–water partition coefficient (Wildman–Crippen LogP) is 0.0950. The highest BCUT2D eigenvalue weighted by atomic mass is 16.5. The van der Waals surface area contributed by atoms with Gasteiger partial charge in [0.2, 0.25) is 5.91 Å². The van der Waals surface area contributed by atoms with Crippen LogP contribution in [0, 0.1) is 13.8 Å². The van der Waals surface area contributed by atoms with E-state index in [9.17, 15) is 9.59 Å². The Bertz CT molecular complexity index is 720. The van der Waals surface area contributed by atoms with Gasteiger partial charge >= 0.3 is 5.97 Å². The Hall–Kier alpha value is -2.68. The molecule has 0 bridgehead atoms. The van der Waals surface area contributed by atoms with E-state index in [2.05, 4.69) is 15.6 Å². The molecule has 1 amide bonds. The van der Waals surface area contributed by atoms with Crippen LogP contribution in [0.15, 0.2) is 12.1 Å². The van der Waals surface area contributed by atoms with E-state index in [1.54, 1.807) is 16.4 Å². The summed E-state index contributed by atoms with van der Waals surface area (Å²) in [5.41, 5.74) is 5.90. The zero-order valence-electron chi connectivity index (χ0n) is 15.4. The fraction of sp³-hybridized carbons (Fsp3) is 0.500. The molecule has 0 spiro atoms. The number of carbonyl (C=O) groups is 2. The number of amides is 1. The largest absolute Gasteiger partial charge is 0.465 e. The smallest absolute Gasteiger partial charge is 0.302 e. The van der Waals surface area contributed by atoms with Gasteiger partial charge in [-0.1, -0.05) is 0 Å². The van der Waals surface area contributed by atoms with Crippen molar-refractivity contribution in [3.8, 4) is 0 Å². The van der Waals surface area contributed by atoms with E-state index in [1.165, 1.54) is 6.92 Å². The SMILES string of the molecule is CC(=O)OCCc1cc(C)nn1C.Cc1cc(CC(=O)NN)n(C)n1. The lowest BCUT2D eigenvalue weighted by Gasteiger charge is -2.01. The normalized spacial score (nSPS) is 10.0. The first kappa shape index (κ1) is 20.4. The Balaban J connectivity index is 0.000000251. The van der Waals surface area contributed by atoms with Gasteiger partial charge in [0, 0.05) is 38.8 Å². The average molecular weight is 350 g/mol. The number of aryl methyl sites for hydroxylation is 4. The Morgan fingerprint density at radius 1 is 1.12 bits per heavy atom. The van der Waals surface area contributed by atoms with Gasteiger partial charge in [0.25, 0.3) is 0 Å². The van der Waals surface area contributed by atoms with E-state index >= 15 is 0 Å². The van der Waals surface area contributed by atoms with Gasteiger partial charge in [-0.15, -0.1) is 0 Å². The molecule has 9 nitrogen and oxygen atoms in total. The van der Waals surface area contributed by atoms with E-state index in [0.29, 0.717) is 6.61 Å². The van der Waals surface area contributed by atoms with Crippen molar-refractivity contribution in [3.05, 3.63) is 34.9 Å². The van der Waals surface area contributed by atoms with Gasteiger partial charge in [0.15, 0.2) is 0 Å². The van der Waals surface area contributed by atoms with E-state index < -0.39 is 0 Å². The molecule has 3 N–H and O–H groups in total. The van der Waals surface area contributed by atoms with Crippen molar-refractivity contribution in [2.45, 2.75) is 33.6 Å². The second kappa shape index (κ2) is 9.58. The van der Waals surface area contributed by atoms with Gasteiger partial charge in [0.05, 0.1) is 24.4 Å². The minimum Gasteiger partial charge on any atom is -0.465 e. The average Bonchev–Trinajstić information content (AvgIpc) is 3.00. The zero-order valence-corrected chi connectivity index (χ0v) is 15.4. The number of carbonyl (C=O) groups excluding carboxylic acids is 2. The zero-order chi connectivity index (χ0) is 19.0. The summed E-state index contributed by atoms with van der Waals surface area (Å²) in [6.45, 7) is 5.65. The maximum Gasteiger partial charge on any atom is 0.302 e. The van der Waals surface area contributed by atoms with E-state index in [4.69, 9.17) is 10.6 Å². The number of hydrogen-bond donors (Lipinski definition) is 2. The fourth-order valence-corrected chi connectivity index (χ4v) is 2.24. The van der Waals surface area contributed by atoms with Gasteiger partial charge in [-0.05, 0) is 26.0 Å². The quantitative estimate of drug-likeness (QED) is 0.342. The van der Waals surface area contributed by atoms with Crippen LogP contribution >= 0.6 is 0 Å². The first-order valence-corrected chi connectivity index (χ1v) is 7.84. The minimum atomic E-state index is -0.237. The van der Waals surface area contributed by atoms with Crippen molar-refractivity contribution in [3.63, 3.8) is 0 Å². The van der Waals surface area contributed by atoms with Crippen LogP contribution in [0.5, 0.6) is 0 Å². The molecule has 9 heteroatoms. The summed E-state index contributed by atoms with van der Waals surface area (Å²) in [7, 11) is 3.68. The lowest BCUT2D eigenvalue weighted by molar-refractivity contribution is -0.140. The summed E-state index contributed by atoms with van der Waals surface area (Å²) in [4.78, 5) is 21.3. The third-order valence-electron chi connectivity index (χ3n) is 3.36. The van der Waals surface area contributed by atoms with Gasteiger partial charge in [-0.3, -0.25) is 24.4 Å². The maximum absolute atomic E-state index is 10.9. The van der Waals surface area contributed by atoms with Crippen molar-refractivity contribution in [1.82, 2.24) is 25.0 Å². The van der Waals surface area contributed by atoms with E-state index in [1.807, 2.05) is 33.0 Å². The number of hydrogen-bond acceptors (Lipinski definition) is 6. The molecule has 0 saturated carbocycles. The van der Waals surface area contributed by atoms with E-state index in [-0.39, 0.29) is 18.3 Å². The van der Waals surface area contributed by atoms with Gasteiger partial charge in [-0.2, -0.15) is 10.2 Å². The maximum atomic E-state index is 10.9. The van der Waals surface area contributed by atoms with Crippen molar-refractivity contribution < 1.29 is 14.3 Å². The summed E-state index contributed by atoms with van der Waals surface area (Å²) in [5, 5.41) is 8.28. The number of ether oxygens (including phenoxy) is 1. The van der Waals surface area contributed by atoms with Crippen LogP contribution in [0.3, 0.4) is 0 Å². The molecule has 0 atom stereocenters. The molecular formula is C16H26N6O3. The monoisotopic (exact) mass is 350 g/mol. The lowest BCUT2D eigenvalue weighted by Crippen LogP contribution is -2.31. The van der Waals surface area contributed by atoms with Crippen LogP contribution in [0.25, 0.3) is 0 Å². The number of esters is 1. The molecule has 0 radical (unpaired) electrons. The molecule has 2 heterocycles. The molecule has 0 saturated heterocycles. The van der Waals surface area contributed by atoms with Crippen LogP contribution in [-0.2, 0) is 41.3 Å². The predicted molar refractivity (Wildman–Crippen MR) is 92.3 cm³/mol. The Kier molecular flexibility index (Phi) is 7.80. The third-order valence-corrected chi connectivity index (χ3v) is 3.36. The van der Waals surface area contributed by atoms with Crippen LogP contribution in [0.2, 0.25) is 0 Å². The molecule has 2 rings (SSSR count). The number of nitrogens with zero attached hydrogens (tertiary/aromatic N) is 4. The molecule has 0 aromatic carbocycles. The van der Waals surface area contributed by atoms with Crippen LogP contribution < -0.4 is 11.3 Å². The lowest BCUT2D eigenvalue weighted by atomic mass is 10.3. The molecule has 2 aromatic rings. The van der Waals surface area contributed by atoms with Crippen molar-refractivity contribution >= 4 is 11.9 Å². The topological polar surface area (TPSA) is 117 Å². The third kappa shape index (κ3) is 7.17. The summed E-state index contributed by atoms with van der Waals surface area (Å²) in [5.74, 6) is 4.50. The summed E-state index contributed by atoms with van der Waals surface area (Å²) in [6.07, 6.45) is 0.991. The van der Waals surface area contributed by atoms with Crippen LogP contribution in [0.4, 0.5) is 0 Å². The molecule has 138 valence electrons. The molecular weight excluding hydrogens is 324 g/mol. The Morgan fingerprint density at radius 3 is 2.04 bits per heavy atom. The number of nitrogens with one attached hydrogen (secondary N) is 1. The molecule has 2 aromatic heterocycles. The first-order chi connectivity index (χ1) is 11.7. The van der Waals surface area contributed by atoms with Crippen LogP contribution in [0.1, 0.15) is 29.7 Å². The van der Waals surface area contributed by atoms with Crippen molar-refractivity contribution in [2.24, 2.45) is 19.9 Å². The standard InChI is InChI=1S/C9H14N2O2.C7H12N4O/c1-7-6-9(11(3)10-7)4-5-13-8(2)12;1-5-3-6(11(2)10-5)4-7(12)9-8/h6H,4-5H2,1-3H3;3H,4,8H2,1-2H3,(H,9,12). The van der Waals surface area contributed by atoms with Gasteiger partial charge < -0.3 is 4.74 Å². The number of rotatable bonds is 5. The van der Waals surface area contributed by atoms with E-state index in [0.717, 1.165) is 29.2 Å². The minimum absolute atomic E-state index is 0.210. The van der Waals surface area contributed by atoms with Crippen molar-refractivity contribution in [2.75, 3.05) is 6.61 Å². The first-order valence-electron chi connectivity index (χ1n) is 7.84. The fourth-order valence-electron chi connectivity index (χ4n) is 2.24. The summed E-state index contributed by atoms with van der Waals surface area (Å²) < 4.78 is 8.31. The summed E-state index contributed by atoms with van der Waals surface area (Å²) >= 11 is 0. The second-order valence-corrected chi connectivity index (χ2v) is 5.64. The Labute approximate surface area is 147 Å². The van der Waals surface area contributed by atoms with Gasteiger partial charge in [0.1, 0.15) is 0 Å². The summed E-state index contributed by atoms with van der Waals surface area (Å²) in [6, 6.07) is 3.85. The number of hydrazine groups is 1. The highest BCUT2D eigenvalue weighted by molar-refractivity contribution is 5.77. The molecule has 25 heavy (non-hydrogen) atoms. The molecule has 0 aliphatic heterocycles. The van der Waals surface area contributed by atoms with Crippen LogP contribution in [-0.4, -0.2) is 38.0 Å². The number of nitrogens with two attached hydrogens (primary N) is 1. The highest BCUT2D eigenvalue weighted by Gasteiger charge is 2.06. The molecule has 0 aliphatic rings.